The quantitative estimate of drug-likeness (QED) is 0.415. The van der Waals surface area contributed by atoms with Crippen LogP contribution in [0, 0.1) is 0 Å². The molecule has 0 radical (unpaired) electrons. The molecular weight excluding hydrogens is 482 g/mol. The highest BCUT2D eigenvalue weighted by molar-refractivity contribution is 7.80. The van der Waals surface area contributed by atoms with Crippen molar-refractivity contribution in [1.82, 2.24) is 14.9 Å². The summed E-state index contributed by atoms with van der Waals surface area (Å²) in [6.45, 7) is -0.0377. The van der Waals surface area contributed by atoms with Crippen LogP contribution in [0.4, 0.5) is 11.4 Å². The summed E-state index contributed by atoms with van der Waals surface area (Å²) in [5, 5.41) is 7.29. The third-order valence-electron chi connectivity index (χ3n) is 6.70. The molecule has 1 aliphatic carbocycles. The first-order valence-corrected chi connectivity index (χ1v) is 12.6. The second-order valence-corrected chi connectivity index (χ2v) is 9.77. The number of anilines is 2. The maximum Gasteiger partial charge on any atom is 0.250 e. The Labute approximate surface area is 215 Å². The number of carbonyl (C=O) groups excluding carboxylic acids is 1. The first-order chi connectivity index (χ1) is 17.0. The highest BCUT2D eigenvalue weighted by Gasteiger charge is 2.41. The molecule has 7 nitrogen and oxygen atoms in total. The summed E-state index contributed by atoms with van der Waals surface area (Å²) in [6.07, 6.45) is 11.2. The van der Waals surface area contributed by atoms with E-state index in [0.29, 0.717) is 21.9 Å². The van der Waals surface area contributed by atoms with Crippen LogP contribution in [0.25, 0.3) is 0 Å². The molecule has 182 valence electrons. The van der Waals surface area contributed by atoms with E-state index in [1.165, 1.54) is 32.8 Å². The molecule has 9 heteroatoms. The van der Waals surface area contributed by atoms with Gasteiger partial charge in [0.2, 0.25) is 5.91 Å². The van der Waals surface area contributed by atoms with Gasteiger partial charge in [0.05, 0.1) is 28.5 Å². The van der Waals surface area contributed by atoms with Crippen LogP contribution in [0.15, 0.2) is 61.1 Å². The van der Waals surface area contributed by atoms with Crippen LogP contribution in [0.2, 0.25) is 5.02 Å². The molecule has 2 atom stereocenters. The topological polar surface area (TPSA) is 71.4 Å². The number of methoxy groups -OCH3 is 1. The zero-order valence-corrected chi connectivity index (χ0v) is 21.1. The maximum absolute atomic E-state index is 12.0. The Hall–Kier alpha value is -2.94. The summed E-state index contributed by atoms with van der Waals surface area (Å²) < 4.78 is 7.24. The minimum absolute atomic E-state index is 0.0377. The van der Waals surface area contributed by atoms with Crippen molar-refractivity contribution in [2.24, 2.45) is 0 Å². The van der Waals surface area contributed by atoms with Crippen LogP contribution in [-0.2, 0) is 9.53 Å². The fourth-order valence-corrected chi connectivity index (χ4v) is 5.65. The van der Waals surface area contributed by atoms with Crippen LogP contribution in [0.5, 0.6) is 0 Å². The van der Waals surface area contributed by atoms with Crippen molar-refractivity contribution in [3.05, 3.63) is 77.3 Å². The summed E-state index contributed by atoms with van der Waals surface area (Å²) in [7, 11) is 1.48. The summed E-state index contributed by atoms with van der Waals surface area (Å²) in [5.74, 6) is -0.262. The van der Waals surface area contributed by atoms with Crippen molar-refractivity contribution in [1.29, 1.82) is 0 Å². The van der Waals surface area contributed by atoms with Gasteiger partial charge in [0.15, 0.2) is 5.11 Å². The lowest BCUT2D eigenvalue weighted by molar-refractivity contribution is -0.119. The number of hydrogen-bond donors (Lipinski definition) is 2. The maximum atomic E-state index is 12.0. The lowest BCUT2D eigenvalue weighted by Crippen LogP contribution is -2.29. The second kappa shape index (κ2) is 10.4. The minimum Gasteiger partial charge on any atom is -0.375 e. The highest BCUT2D eigenvalue weighted by atomic mass is 35.5. The molecule has 0 bridgehead atoms. The Morgan fingerprint density at radius 3 is 2.80 bits per heavy atom. The monoisotopic (exact) mass is 509 g/mol. The van der Waals surface area contributed by atoms with Gasteiger partial charge in [-0.3, -0.25) is 9.78 Å². The summed E-state index contributed by atoms with van der Waals surface area (Å²) in [6, 6.07) is 14.0. The molecule has 1 saturated heterocycles. The Bertz CT molecular complexity index is 1210. The van der Waals surface area contributed by atoms with E-state index in [-0.39, 0.29) is 24.6 Å². The number of pyridine rings is 1. The normalized spacial score (nSPS) is 20.3. The van der Waals surface area contributed by atoms with Gasteiger partial charge in [-0.25, -0.2) is 0 Å². The van der Waals surface area contributed by atoms with E-state index in [2.05, 4.69) is 43.5 Å². The van der Waals surface area contributed by atoms with Gasteiger partial charge < -0.3 is 24.8 Å². The Morgan fingerprint density at radius 1 is 1.26 bits per heavy atom. The highest BCUT2D eigenvalue weighted by Crippen LogP contribution is 2.43. The average Bonchev–Trinajstić information content (AvgIpc) is 3.61. The number of amides is 1. The van der Waals surface area contributed by atoms with Crippen molar-refractivity contribution < 1.29 is 9.53 Å². The Kier molecular flexibility index (Phi) is 7.04. The lowest BCUT2D eigenvalue weighted by atomic mass is 9.98. The van der Waals surface area contributed by atoms with E-state index in [9.17, 15) is 4.79 Å². The van der Waals surface area contributed by atoms with Crippen LogP contribution in [-0.4, -0.2) is 34.3 Å². The van der Waals surface area contributed by atoms with E-state index in [1.54, 1.807) is 12.3 Å². The number of benzene rings is 1. The number of halogens is 1. The van der Waals surface area contributed by atoms with Crippen molar-refractivity contribution in [2.45, 2.75) is 43.8 Å². The fraction of sp³-hybridized carbons (Fsp3) is 0.346. The third kappa shape index (κ3) is 4.91. The molecule has 2 N–H and O–H groups in total. The average molecular weight is 510 g/mol. The van der Waals surface area contributed by atoms with Crippen molar-refractivity contribution in [3.8, 4) is 0 Å². The number of hydrogen-bond acceptors (Lipinski definition) is 4. The molecule has 3 aromatic rings. The predicted octanol–water partition coefficient (Wildman–Crippen LogP) is 5.41. The standard InChI is InChI=1S/C26H28ClN5O2S/c1-34-16-23(33)29-21-10-9-19(14-20(21)27)32-25(17-11-13-31(15-17)18-6-2-3-7-18)24(30-26(32)35)22-8-4-5-12-28-22/h4-5,8-15,18,24-25H,2-3,6-7,16H2,1H3,(H,29,33)(H,30,35)/t24-,25+/m1/s1. The van der Waals surface area contributed by atoms with Crippen LogP contribution in [0.3, 0.4) is 0 Å². The number of rotatable bonds is 7. The Morgan fingerprint density at radius 2 is 2.09 bits per heavy atom. The predicted molar refractivity (Wildman–Crippen MR) is 142 cm³/mol. The van der Waals surface area contributed by atoms with Gasteiger partial charge in [-0.05, 0) is 67.0 Å². The van der Waals surface area contributed by atoms with Crippen molar-refractivity contribution >= 4 is 46.2 Å². The number of ether oxygens (including phenoxy) is 1. The smallest absolute Gasteiger partial charge is 0.250 e. The second-order valence-electron chi connectivity index (χ2n) is 8.97. The van der Waals surface area contributed by atoms with E-state index in [0.717, 1.165) is 16.9 Å². The molecule has 1 aliphatic heterocycles. The Balaban J connectivity index is 1.50. The lowest BCUT2D eigenvalue weighted by Gasteiger charge is -2.28. The molecule has 0 unspecified atom stereocenters. The molecule has 2 fully saturated rings. The minimum atomic E-state index is -0.262. The number of thiocarbonyl (C=S) groups is 1. The first kappa shape index (κ1) is 23.8. The first-order valence-electron chi connectivity index (χ1n) is 11.8. The number of carbonyl (C=O) groups is 1. The van der Waals surface area contributed by atoms with E-state index in [1.807, 2.05) is 30.3 Å². The largest absolute Gasteiger partial charge is 0.375 e. The van der Waals surface area contributed by atoms with Crippen LogP contribution < -0.4 is 15.5 Å². The van der Waals surface area contributed by atoms with Gasteiger partial charge in [0.1, 0.15) is 6.61 Å². The number of aromatic nitrogens is 2. The summed E-state index contributed by atoms with van der Waals surface area (Å²) in [4.78, 5) is 18.7. The molecule has 3 heterocycles. The fourth-order valence-electron chi connectivity index (χ4n) is 5.08. The van der Waals surface area contributed by atoms with Crippen LogP contribution >= 0.6 is 23.8 Å². The van der Waals surface area contributed by atoms with E-state index in [4.69, 9.17) is 28.6 Å². The molecular formula is C26H28ClN5O2S. The molecule has 5 rings (SSSR count). The molecule has 35 heavy (non-hydrogen) atoms. The molecule has 1 saturated carbocycles. The molecule has 1 aromatic carbocycles. The van der Waals surface area contributed by atoms with Gasteiger partial charge in [-0.2, -0.15) is 0 Å². The van der Waals surface area contributed by atoms with Gasteiger partial charge in [0.25, 0.3) is 0 Å². The molecule has 2 aromatic heterocycles. The SMILES string of the molecule is COCC(=O)Nc1ccc(N2C(=S)N[C@H](c3ccccn3)[C@@H]2c2ccn(C3CCCC3)c2)cc1Cl. The van der Waals surface area contributed by atoms with E-state index < -0.39 is 0 Å². The van der Waals surface area contributed by atoms with Gasteiger partial charge in [-0.1, -0.05) is 30.5 Å². The number of nitrogens with one attached hydrogen (secondary N) is 2. The van der Waals surface area contributed by atoms with Crippen LogP contribution in [0.1, 0.15) is 55.1 Å². The zero-order valence-electron chi connectivity index (χ0n) is 19.5. The third-order valence-corrected chi connectivity index (χ3v) is 7.33. The summed E-state index contributed by atoms with van der Waals surface area (Å²) in [5.41, 5.74) is 3.45. The molecule has 2 aliphatic rings. The number of nitrogens with zero attached hydrogens (tertiary/aromatic N) is 3. The zero-order chi connectivity index (χ0) is 24.4. The van der Waals surface area contributed by atoms with Crippen molar-refractivity contribution in [2.75, 3.05) is 23.9 Å². The van der Waals surface area contributed by atoms with Gasteiger partial charge >= 0.3 is 0 Å². The van der Waals surface area contributed by atoms with Gasteiger partial charge in [0, 0.05) is 37.4 Å². The summed E-state index contributed by atoms with van der Waals surface area (Å²) >= 11 is 12.4. The molecule has 1 amide bonds. The van der Waals surface area contributed by atoms with Crippen molar-refractivity contribution in [3.63, 3.8) is 0 Å². The van der Waals surface area contributed by atoms with E-state index >= 15 is 0 Å². The molecule has 0 spiro atoms. The van der Waals surface area contributed by atoms with Gasteiger partial charge in [-0.15, -0.1) is 0 Å².